The molecule has 0 amide bonds. The van der Waals surface area contributed by atoms with Crippen LogP contribution in [0.3, 0.4) is 0 Å². The zero-order valence-electron chi connectivity index (χ0n) is 12.0. The Kier molecular flexibility index (Phi) is 4.37. The minimum atomic E-state index is 0.383. The highest BCUT2D eigenvalue weighted by molar-refractivity contribution is 5.56. The van der Waals surface area contributed by atoms with Gasteiger partial charge in [-0.25, -0.2) is 9.97 Å². The van der Waals surface area contributed by atoms with Gasteiger partial charge in [0.2, 0.25) is 5.88 Å². The zero-order valence-corrected chi connectivity index (χ0v) is 12.0. The number of aromatic nitrogens is 3. The summed E-state index contributed by atoms with van der Waals surface area (Å²) in [6, 6.07) is 0. The summed E-state index contributed by atoms with van der Waals surface area (Å²) < 4.78 is 12.6. The molecule has 2 aromatic rings. The molecule has 0 N–H and O–H groups in total. The van der Waals surface area contributed by atoms with Crippen molar-refractivity contribution in [1.29, 1.82) is 0 Å². The van der Waals surface area contributed by atoms with Crippen LogP contribution in [0.4, 0.5) is 0 Å². The minimum absolute atomic E-state index is 0.383. The van der Waals surface area contributed by atoms with Crippen LogP contribution in [0.2, 0.25) is 0 Å². The van der Waals surface area contributed by atoms with E-state index in [-0.39, 0.29) is 0 Å². The molecule has 0 radical (unpaired) electrons. The molecule has 2 aromatic heterocycles. The topological polar surface area (TPSA) is 48.7 Å². The first-order chi connectivity index (χ1) is 9.21. The summed E-state index contributed by atoms with van der Waals surface area (Å²) in [5, 5.41) is 0. The number of methoxy groups -OCH3 is 2. The Balaban J connectivity index is 2.46. The van der Waals surface area contributed by atoms with Gasteiger partial charge in [-0.15, -0.1) is 0 Å². The van der Waals surface area contributed by atoms with Crippen molar-refractivity contribution < 1.29 is 9.47 Å². The highest BCUT2D eigenvalue weighted by Gasteiger charge is 2.17. The second kappa shape index (κ2) is 6.02. The molecule has 0 bridgehead atoms. The van der Waals surface area contributed by atoms with Crippen LogP contribution in [0.15, 0.2) is 12.4 Å². The van der Waals surface area contributed by atoms with Crippen LogP contribution in [0.25, 0.3) is 5.52 Å². The van der Waals surface area contributed by atoms with Crippen LogP contribution < -0.4 is 4.74 Å². The van der Waals surface area contributed by atoms with Gasteiger partial charge < -0.3 is 9.47 Å². The van der Waals surface area contributed by atoms with Gasteiger partial charge in [0.05, 0.1) is 19.0 Å². The molecule has 0 saturated carbocycles. The number of hydrogen-bond donors (Lipinski definition) is 0. The van der Waals surface area contributed by atoms with E-state index in [0.717, 1.165) is 36.5 Å². The first-order valence-corrected chi connectivity index (χ1v) is 6.58. The molecule has 0 aliphatic heterocycles. The molecule has 2 rings (SSSR count). The van der Waals surface area contributed by atoms with Crippen molar-refractivity contribution in [2.75, 3.05) is 20.8 Å². The van der Waals surface area contributed by atoms with E-state index >= 15 is 0 Å². The van der Waals surface area contributed by atoms with Crippen LogP contribution >= 0.6 is 0 Å². The number of fused-ring (bicyclic) bond motifs is 1. The maximum atomic E-state index is 5.32. The molecule has 0 aliphatic carbocycles. The molecule has 0 spiro atoms. The lowest BCUT2D eigenvalue weighted by Crippen LogP contribution is -2.07. The van der Waals surface area contributed by atoms with Gasteiger partial charge in [-0.2, -0.15) is 0 Å². The molecule has 1 atom stereocenters. The van der Waals surface area contributed by atoms with Gasteiger partial charge in [0.15, 0.2) is 0 Å². The Morgan fingerprint density at radius 1 is 1.37 bits per heavy atom. The van der Waals surface area contributed by atoms with Crippen LogP contribution in [-0.2, 0) is 4.74 Å². The highest BCUT2D eigenvalue weighted by Crippen LogP contribution is 2.26. The molecular formula is C14H21N3O2. The Morgan fingerprint density at radius 3 is 2.79 bits per heavy atom. The van der Waals surface area contributed by atoms with Crippen LogP contribution in [0, 0.1) is 6.92 Å². The van der Waals surface area contributed by atoms with Crippen LogP contribution in [0.1, 0.15) is 37.2 Å². The molecular weight excluding hydrogens is 242 g/mol. The lowest BCUT2D eigenvalue weighted by molar-refractivity contribution is 0.186. The van der Waals surface area contributed by atoms with Crippen molar-refractivity contribution in [3.05, 3.63) is 23.9 Å². The summed E-state index contributed by atoms with van der Waals surface area (Å²) in [6.45, 7) is 4.88. The van der Waals surface area contributed by atoms with Gasteiger partial charge in [-0.1, -0.05) is 6.92 Å². The highest BCUT2D eigenvalue weighted by atomic mass is 16.5. The number of aryl methyl sites for hydroxylation is 1. The number of nitrogens with zero attached hydrogens (tertiary/aromatic N) is 3. The van der Waals surface area contributed by atoms with Gasteiger partial charge in [-0.05, 0) is 19.8 Å². The van der Waals surface area contributed by atoms with Crippen molar-refractivity contribution in [3.8, 4) is 5.88 Å². The third-order valence-corrected chi connectivity index (χ3v) is 3.36. The number of imidazole rings is 1. The standard InChI is InChI=1S/C14H21N3O2/c1-5-11(6-7-18-3)13-15-8-12-14(19-4)16-10(2)9-17(12)13/h8-9,11H,5-7H2,1-4H3. The average molecular weight is 263 g/mol. The predicted molar refractivity (Wildman–Crippen MR) is 73.8 cm³/mol. The Labute approximate surface area is 113 Å². The quantitative estimate of drug-likeness (QED) is 0.803. The molecule has 5 heteroatoms. The first-order valence-electron chi connectivity index (χ1n) is 6.58. The maximum absolute atomic E-state index is 5.32. The van der Waals surface area contributed by atoms with E-state index in [4.69, 9.17) is 9.47 Å². The van der Waals surface area contributed by atoms with Gasteiger partial charge in [0, 0.05) is 25.8 Å². The van der Waals surface area contributed by atoms with E-state index in [1.54, 1.807) is 14.2 Å². The third kappa shape index (κ3) is 2.71. The van der Waals surface area contributed by atoms with E-state index in [1.807, 2.05) is 19.3 Å². The smallest absolute Gasteiger partial charge is 0.239 e. The predicted octanol–water partition coefficient (Wildman–Crippen LogP) is 2.58. The fraction of sp³-hybridized carbons (Fsp3) is 0.571. The van der Waals surface area contributed by atoms with Crippen molar-refractivity contribution in [2.24, 2.45) is 0 Å². The van der Waals surface area contributed by atoms with Crippen molar-refractivity contribution >= 4 is 5.52 Å². The number of ether oxygens (including phenoxy) is 2. The second-order valence-corrected chi connectivity index (χ2v) is 4.65. The van der Waals surface area contributed by atoms with E-state index in [2.05, 4.69) is 21.3 Å². The second-order valence-electron chi connectivity index (χ2n) is 4.65. The zero-order chi connectivity index (χ0) is 13.8. The lowest BCUT2D eigenvalue weighted by Gasteiger charge is -2.14. The maximum Gasteiger partial charge on any atom is 0.239 e. The Morgan fingerprint density at radius 2 is 2.16 bits per heavy atom. The van der Waals surface area contributed by atoms with Crippen molar-refractivity contribution in [2.45, 2.75) is 32.6 Å². The molecule has 5 nitrogen and oxygen atoms in total. The normalized spacial score (nSPS) is 12.8. The summed E-state index contributed by atoms with van der Waals surface area (Å²) in [5.74, 6) is 2.06. The number of rotatable bonds is 6. The van der Waals surface area contributed by atoms with Gasteiger partial charge in [0.1, 0.15) is 11.3 Å². The first kappa shape index (κ1) is 13.8. The van der Waals surface area contributed by atoms with E-state index in [1.165, 1.54) is 0 Å². The Hall–Kier alpha value is -1.62. The fourth-order valence-electron chi connectivity index (χ4n) is 2.33. The van der Waals surface area contributed by atoms with Gasteiger partial charge in [-0.3, -0.25) is 4.40 Å². The molecule has 19 heavy (non-hydrogen) atoms. The fourth-order valence-corrected chi connectivity index (χ4v) is 2.33. The lowest BCUT2D eigenvalue weighted by atomic mass is 10.0. The van der Waals surface area contributed by atoms with Crippen LogP contribution in [0.5, 0.6) is 5.88 Å². The summed E-state index contributed by atoms with van der Waals surface area (Å²) >= 11 is 0. The van der Waals surface area contributed by atoms with Crippen molar-refractivity contribution in [1.82, 2.24) is 14.4 Å². The monoisotopic (exact) mass is 263 g/mol. The van der Waals surface area contributed by atoms with Crippen LogP contribution in [-0.4, -0.2) is 35.2 Å². The van der Waals surface area contributed by atoms with E-state index in [9.17, 15) is 0 Å². The molecule has 0 fully saturated rings. The summed E-state index contributed by atoms with van der Waals surface area (Å²) in [4.78, 5) is 8.93. The molecule has 1 unspecified atom stereocenters. The van der Waals surface area contributed by atoms with E-state index < -0.39 is 0 Å². The van der Waals surface area contributed by atoms with E-state index in [0.29, 0.717) is 11.8 Å². The molecule has 104 valence electrons. The summed E-state index contributed by atoms with van der Waals surface area (Å²) in [6.07, 6.45) is 5.84. The summed E-state index contributed by atoms with van der Waals surface area (Å²) in [7, 11) is 3.37. The largest absolute Gasteiger partial charge is 0.479 e. The average Bonchev–Trinajstić information content (AvgIpc) is 2.82. The Bertz CT molecular complexity index is 551. The molecule has 0 saturated heterocycles. The molecule has 0 aliphatic rings. The summed E-state index contributed by atoms with van der Waals surface area (Å²) in [5.41, 5.74) is 1.84. The third-order valence-electron chi connectivity index (χ3n) is 3.36. The molecule has 2 heterocycles. The minimum Gasteiger partial charge on any atom is -0.479 e. The van der Waals surface area contributed by atoms with Crippen molar-refractivity contribution in [3.63, 3.8) is 0 Å². The van der Waals surface area contributed by atoms with Gasteiger partial charge >= 0.3 is 0 Å². The molecule has 0 aromatic carbocycles. The van der Waals surface area contributed by atoms with Gasteiger partial charge in [0.25, 0.3) is 0 Å². The SMILES string of the molecule is CCC(CCOC)c1ncc2c(OC)nc(C)cn12. The number of hydrogen-bond acceptors (Lipinski definition) is 4.